The second kappa shape index (κ2) is 36.4. The zero-order valence-corrected chi connectivity index (χ0v) is 32.8. The Hall–Kier alpha value is 0.0700. The number of nitrogens with zero attached hydrogens (tertiary/aromatic N) is 1. The molecule has 0 rings (SSSR count). The molecule has 0 bridgehead atoms. The molecule has 0 spiro atoms. The van der Waals surface area contributed by atoms with E-state index in [4.69, 9.17) is 9.05 Å². The van der Waals surface area contributed by atoms with Crippen molar-refractivity contribution in [3.63, 3.8) is 0 Å². The van der Waals surface area contributed by atoms with Gasteiger partial charge in [0.15, 0.2) is 0 Å². The Morgan fingerprint density at radius 3 is 1.13 bits per heavy atom. The van der Waals surface area contributed by atoms with E-state index in [0.717, 1.165) is 58.0 Å². The number of rotatable bonds is 39. The minimum absolute atomic E-state index is 0.309. The van der Waals surface area contributed by atoms with Crippen LogP contribution in [0, 0.1) is 0 Å². The lowest BCUT2D eigenvalue weighted by Crippen LogP contribution is -2.38. The molecule has 278 valence electrons. The van der Waals surface area contributed by atoms with Gasteiger partial charge in [-0.3, -0.25) is 13.9 Å². The molecule has 0 radical (unpaired) electrons. The predicted octanol–water partition coefficient (Wildman–Crippen LogP) is 14.3. The van der Waals surface area contributed by atoms with Crippen LogP contribution in [0.3, 0.4) is 0 Å². The molecule has 0 aromatic heterocycles. The number of hydrogen-bond acceptors (Lipinski definition) is 4. The highest BCUT2D eigenvalue weighted by atomic mass is 31.2. The first kappa shape index (κ1) is 46.1. The topological polar surface area (TPSA) is 59.0 Å². The fourth-order valence-corrected chi connectivity index (χ4v) is 7.44. The number of phosphoric acid groups is 1. The summed E-state index contributed by atoms with van der Waals surface area (Å²) in [4.78, 5) is 13.2. The molecule has 0 saturated heterocycles. The molecule has 2 atom stereocenters. The first-order chi connectivity index (χ1) is 22.5. The van der Waals surface area contributed by atoms with Crippen LogP contribution in [-0.4, -0.2) is 35.7 Å². The van der Waals surface area contributed by atoms with Crippen LogP contribution in [0.15, 0.2) is 0 Å². The van der Waals surface area contributed by atoms with Crippen molar-refractivity contribution in [2.45, 2.75) is 239 Å². The molecular weight excluding hydrogens is 589 g/mol. The molecule has 0 amide bonds. The SMILES string of the molecule is CCCCCCCCCCCCOP(=O)(O)OC(CCCCCCC)N(CCCCCCCCCC)CCCCCCCCCC. The smallest absolute Gasteiger partial charge is 0.302 e. The Morgan fingerprint density at radius 1 is 0.457 bits per heavy atom. The monoisotopic (exact) mass is 674 g/mol. The van der Waals surface area contributed by atoms with Crippen molar-refractivity contribution < 1.29 is 18.5 Å². The van der Waals surface area contributed by atoms with E-state index >= 15 is 0 Å². The Morgan fingerprint density at radius 2 is 0.761 bits per heavy atom. The lowest BCUT2D eigenvalue weighted by molar-refractivity contribution is -0.0135. The van der Waals surface area contributed by atoms with E-state index in [1.807, 2.05) is 0 Å². The summed E-state index contributed by atoms with van der Waals surface area (Å²) in [6.07, 6.45) is 39.4. The average Bonchev–Trinajstić information content (AvgIpc) is 3.04. The van der Waals surface area contributed by atoms with Gasteiger partial charge in [-0.25, -0.2) is 4.57 Å². The molecular formula is C40H84NO4P. The van der Waals surface area contributed by atoms with Gasteiger partial charge in [0.05, 0.1) is 6.61 Å². The maximum atomic E-state index is 13.2. The van der Waals surface area contributed by atoms with Gasteiger partial charge in [-0.2, -0.15) is 0 Å². The van der Waals surface area contributed by atoms with Crippen molar-refractivity contribution in [2.24, 2.45) is 0 Å². The molecule has 1 N–H and O–H groups in total. The average molecular weight is 674 g/mol. The fraction of sp³-hybridized carbons (Fsp3) is 1.00. The zero-order chi connectivity index (χ0) is 33.8. The summed E-state index contributed by atoms with van der Waals surface area (Å²) in [6, 6.07) is 0. The Labute approximate surface area is 289 Å². The van der Waals surface area contributed by atoms with Crippen molar-refractivity contribution >= 4 is 7.82 Å². The first-order valence-electron chi connectivity index (χ1n) is 20.9. The quantitative estimate of drug-likeness (QED) is 0.0400. The van der Waals surface area contributed by atoms with Gasteiger partial charge in [0.25, 0.3) is 0 Å². The van der Waals surface area contributed by atoms with Crippen LogP contribution < -0.4 is 0 Å². The molecule has 0 fully saturated rings. The summed E-state index contributed by atoms with van der Waals surface area (Å²) < 4.78 is 24.8. The largest absolute Gasteiger partial charge is 0.473 e. The molecule has 0 aliphatic heterocycles. The van der Waals surface area contributed by atoms with Gasteiger partial charge in [0, 0.05) is 13.1 Å². The van der Waals surface area contributed by atoms with Gasteiger partial charge >= 0.3 is 7.82 Å². The number of phosphoric ester groups is 1. The highest BCUT2D eigenvalue weighted by Gasteiger charge is 2.30. The van der Waals surface area contributed by atoms with Gasteiger partial charge < -0.3 is 4.89 Å². The Bertz CT molecular complexity index is 614. The van der Waals surface area contributed by atoms with Gasteiger partial charge in [-0.05, 0) is 32.1 Å². The van der Waals surface area contributed by atoms with Crippen LogP contribution in [-0.2, 0) is 13.6 Å². The van der Waals surface area contributed by atoms with Crippen LogP contribution in [0.2, 0.25) is 0 Å². The van der Waals surface area contributed by atoms with Crippen LogP contribution in [0.25, 0.3) is 0 Å². The molecule has 0 aliphatic carbocycles. The molecule has 6 heteroatoms. The van der Waals surface area contributed by atoms with Gasteiger partial charge in [-0.15, -0.1) is 0 Å². The van der Waals surface area contributed by atoms with Crippen LogP contribution in [0.5, 0.6) is 0 Å². The lowest BCUT2D eigenvalue weighted by Gasteiger charge is -2.32. The van der Waals surface area contributed by atoms with Crippen molar-refractivity contribution in [3.8, 4) is 0 Å². The second-order valence-corrected chi connectivity index (χ2v) is 15.6. The van der Waals surface area contributed by atoms with E-state index in [0.29, 0.717) is 6.61 Å². The minimum Gasteiger partial charge on any atom is -0.302 e. The van der Waals surface area contributed by atoms with Gasteiger partial charge in [0.2, 0.25) is 0 Å². The highest BCUT2D eigenvalue weighted by Crippen LogP contribution is 2.46. The van der Waals surface area contributed by atoms with Crippen LogP contribution >= 0.6 is 7.82 Å². The fourth-order valence-electron chi connectivity index (χ4n) is 6.48. The third-order valence-electron chi connectivity index (χ3n) is 9.57. The van der Waals surface area contributed by atoms with Crippen LogP contribution in [0.4, 0.5) is 0 Å². The summed E-state index contributed by atoms with van der Waals surface area (Å²) >= 11 is 0. The Balaban J connectivity index is 4.92. The molecule has 0 aromatic carbocycles. The summed E-state index contributed by atoms with van der Waals surface area (Å²) in [5.74, 6) is 0. The summed E-state index contributed by atoms with van der Waals surface area (Å²) in [5, 5.41) is 0. The molecule has 0 heterocycles. The molecule has 0 aliphatic rings. The lowest BCUT2D eigenvalue weighted by atomic mass is 10.1. The summed E-state index contributed by atoms with van der Waals surface area (Å²) in [7, 11) is -4.10. The second-order valence-electron chi connectivity index (χ2n) is 14.2. The summed E-state index contributed by atoms with van der Waals surface area (Å²) in [5.41, 5.74) is 0. The normalized spacial score (nSPS) is 13.9. The number of hydrogen-bond donors (Lipinski definition) is 1. The third-order valence-corrected chi connectivity index (χ3v) is 10.6. The predicted molar refractivity (Wildman–Crippen MR) is 203 cm³/mol. The maximum absolute atomic E-state index is 13.2. The van der Waals surface area contributed by atoms with E-state index < -0.39 is 7.82 Å². The molecule has 2 unspecified atom stereocenters. The van der Waals surface area contributed by atoms with E-state index in [1.165, 1.54) is 161 Å². The Kier molecular flexibility index (Phi) is 36.4. The number of unbranched alkanes of at least 4 members (excludes halogenated alkanes) is 27. The minimum atomic E-state index is -4.10. The molecule has 0 saturated carbocycles. The maximum Gasteiger partial charge on any atom is 0.473 e. The van der Waals surface area contributed by atoms with Crippen molar-refractivity contribution in [3.05, 3.63) is 0 Å². The van der Waals surface area contributed by atoms with E-state index in [1.54, 1.807) is 0 Å². The van der Waals surface area contributed by atoms with Gasteiger partial charge in [-0.1, -0.05) is 201 Å². The van der Waals surface area contributed by atoms with Gasteiger partial charge in [0.1, 0.15) is 6.23 Å². The summed E-state index contributed by atoms with van der Waals surface area (Å²) in [6.45, 7) is 11.3. The standard InChI is InChI=1S/C40H84NO4P/c1-5-9-13-17-20-23-24-27-31-35-39-44-46(42,43)45-40(36-32-28-16-12-8-4)41(37-33-29-25-21-18-14-10-6-2)38-34-30-26-22-19-15-11-7-3/h40H,5-39H2,1-4H3,(H,42,43). The molecule has 46 heavy (non-hydrogen) atoms. The molecule has 0 aromatic rings. The molecule has 5 nitrogen and oxygen atoms in total. The third kappa shape index (κ3) is 32.6. The van der Waals surface area contributed by atoms with E-state index in [9.17, 15) is 9.46 Å². The van der Waals surface area contributed by atoms with Crippen LogP contribution in [0.1, 0.15) is 233 Å². The van der Waals surface area contributed by atoms with Crippen molar-refractivity contribution in [1.82, 2.24) is 4.90 Å². The highest BCUT2D eigenvalue weighted by molar-refractivity contribution is 7.47. The van der Waals surface area contributed by atoms with Crippen molar-refractivity contribution in [1.29, 1.82) is 0 Å². The van der Waals surface area contributed by atoms with E-state index in [-0.39, 0.29) is 6.23 Å². The zero-order valence-electron chi connectivity index (χ0n) is 31.9. The first-order valence-corrected chi connectivity index (χ1v) is 22.4. The van der Waals surface area contributed by atoms with Crippen molar-refractivity contribution in [2.75, 3.05) is 19.7 Å². The van der Waals surface area contributed by atoms with E-state index in [2.05, 4.69) is 32.6 Å².